The van der Waals surface area contributed by atoms with Gasteiger partial charge in [0.05, 0.1) is 7.18 Å². The Balaban J connectivity index is 0.000000461. The van der Waals surface area contributed by atoms with Gasteiger partial charge in [0.2, 0.25) is 0 Å². The Bertz CT molecular complexity index is 224. The van der Waals surface area contributed by atoms with Gasteiger partial charge in [-0.3, -0.25) is 4.39 Å². The van der Waals surface area contributed by atoms with E-state index in [1.807, 2.05) is 0 Å². The molecule has 2 rings (SSSR count). The van der Waals surface area contributed by atoms with Crippen LogP contribution in [0.3, 0.4) is 0 Å². The van der Waals surface area contributed by atoms with Crippen molar-refractivity contribution in [1.29, 1.82) is 0 Å². The fourth-order valence-corrected chi connectivity index (χ4v) is 2.16. The molecule has 0 aromatic heterocycles. The molecule has 0 atom stereocenters. The lowest BCUT2D eigenvalue weighted by molar-refractivity contribution is 0.443. The van der Waals surface area contributed by atoms with Crippen molar-refractivity contribution in [3.8, 4) is 0 Å². The molecule has 1 aliphatic carbocycles. The first kappa shape index (κ1) is 11.2. The van der Waals surface area contributed by atoms with Crippen LogP contribution in [-0.4, -0.2) is 7.18 Å². The molecule has 0 N–H and O–H groups in total. The van der Waals surface area contributed by atoms with Gasteiger partial charge in [0.1, 0.15) is 0 Å². The van der Waals surface area contributed by atoms with E-state index in [2.05, 4.69) is 30.3 Å². The van der Waals surface area contributed by atoms with Crippen LogP contribution in [0.2, 0.25) is 0 Å². The van der Waals surface area contributed by atoms with E-state index in [0.29, 0.717) is 7.18 Å². The van der Waals surface area contributed by atoms with Crippen LogP contribution in [0.25, 0.3) is 0 Å². The molecule has 0 aliphatic heterocycles. The van der Waals surface area contributed by atoms with Crippen molar-refractivity contribution < 1.29 is 4.39 Å². The van der Waals surface area contributed by atoms with Gasteiger partial charge in [0.25, 0.3) is 0 Å². The maximum atomic E-state index is 9.50. The lowest BCUT2D eigenvalue weighted by atomic mass is 9.84. The Kier molecular flexibility index (Phi) is 5.28. The highest BCUT2D eigenvalue weighted by Crippen LogP contribution is 2.31. The van der Waals surface area contributed by atoms with Crippen molar-refractivity contribution in [2.24, 2.45) is 0 Å². The molecular formula is C13H19F. The largest absolute Gasteiger partial charge is 0.255 e. The van der Waals surface area contributed by atoms with Gasteiger partial charge in [-0.15, -0.1) is 0 Å². The van der Waals surface area contributed by atoms with Crippen molar-refractivity contribution >= 4 is 0 Å². The average molecular weight is 194 g/mol. The van der Waals surface area contributed by atoms with Crippen LogP contribution in [0, 0.1) is 0 Å². The van der Waals surface area contributed by atoms with Crippen LogP contribution in [0.4, 0.5) is 4.39 Å². The second kappa shape index (κ2) is 6.58. The molecule has 1 aliphatic rings. The summed E-state index contributed by atoms with van der Waals surface area (Å²) in [5.41, 5.74) is 1.55. The van der Waals surface area contributed by atoms with Gasteiger partial charge in [-0.1, -0.05) is 49.6 Å². The zero-order valence-electron chi connectivity index (χ0n) is 8.88. The van der Waals surface area contributed by atoms with Crippen molar-refractivity contribution in [2.45, 2.75) is 38.0 Å². The van der Waals surface area contributed by atoms with Crippen LogP contribution in [0.1, 0.15) is 43.6 Å². The van der Waals surface area contributed by atoms with Gasteiger partial charge in [-0.05, 0) is 24.3 Å². The fourth-order valence-electron chi connectivity index (χ4n) is 2.16. The average Bonchev–Trinajstić information content (AvgIpc) is 2.34. The lowest BCUT2D eigenvalue weighted by Gasteiger charge is -2.21. The minimum Gasteiger partial charge on any atom is -0.255 e. The first-order chi connectivity index (χ1) is 6.97. The predicted molar refractivity (Wildman–Crippen MR) is 59.3 cm³/mol. The summed E-state index contributed by atoms with van der Waals surface area (Å²) in [5, 5.41) is 0. The zero-order chi connectivity index (χ0) is 10.2. The van der Waals surface area contributed by atoms with Crippen LogP contribution in [0.15, 0.2) is 30.3 Å². The second-order valence-electron chi connectivity index (χ2n) is 3.75. The Morgan fingerprint density at radius 3 is 2.07 bits per heavy atom. The van der Waals surface area contributed by atoms with Crippen molar-refractivity contribution in [3.05, 3.63) is 35.9 Å². The van der Waals surface area contributed by atoms with Gasteiger partial charge in [0.15, 0.2) is 0 Å². The summed E-state index contributed by atoms with van der Waals surface area (Å²) in [4.78, 5) is 0. The molecule has 0 saturated heterocycles. The third kappa shape index (κ3) is 3.13. The number of halogens is 1. The quantitative estimate of drug-likeness (QED) is 0.624. The minimum atomic E-state index is 0.500. The van der Waals surface area contributed by atoms with E-state index in [0.717, 1.165) is 5.92 Å². The molecule has 1 heteroatoms. The summed E-state index contributed by atoms with van der Waals surface area (Å²) in [6, 6.07) is 11.0. The predicted octanol–water partition coefficient (Wildman–Crippen LogP) is 4.32. The molecule has 1 aromatic rings. The van der Waals surface area contributed by atoms with Gasteiger partial charge < -0.3 is 0 Å². The van der Waals surface area contributed by atoms with E-state index in [1.54, 1.807) is 5.56 Å². The molecule has 0 unspecified atom stereocenters. The van der Waals surface area contributed by atoms with E-state index in [-0.39, 0.29) is 0 Å². The van der Waals surface area contributed by atoms with Crippen LogP contribution in [-0.2, 0) is 0 Å². The van der Waals surface area contributed by atoms with Gasteiger partial charge in [-0.2, -0.15) is 0 Å². The summed E-state index contributed by atoms with van der Waals surface area (Å²) in [6.45, 7) is 0. The highest BCUT2D eigenvalue weighted by molar-refractivity contribution is 5.19. The smallest absolute Gasteiger partial charge is 0.0785 e. The lowest BCUT2D eigenvalue weighted by Crippen LogP contribution is -2.03. The van der Waals surface area contributed by atoms with Crippen molar-refractivity contribution in [2.75, 3.05) is 7.18 Å². The molecule has 0 amide bonds. The van der Waals surface area contributed by atoms with Crippen LogP contribution >= 0.6 is 0 Å². The second-order valence-corrected chi connectivity index (χ2v) is 3.75. The highest BCUT2D eigenvalue weighted by atomic mass is 19.1. The van der Waals surface area contributed by atoms with Gasteiger partial charge in [-0.25, -0.2) is 0 Å². The number of rotatable bonds is 1. The normalized spacial score (nSPS) is 17.0. The molecule has 0 spiro atoms. The van der Waals surface area contributed by atoms with E-state index in [4.69, 9.17) is 0 Å². The summed E-state index contributed by atoms with van der Waals surface area (Å²) in [5.74, 6) is 0.861. The molecule has 78 valence electrons. The molecule has 0 heterocycles. The number of alkyl halides is 1. The standard InChI is InChI=1S/C12H16.CH3F/c1-3-7-11(8-4-1)12-9-5-2-6-10-12;1-2/h1,3-4,7-8,12H,2,5-6,9-10H2;1H3. The summed E-state index contributed by atoms with van der Waals surface area (Å²) in [6.07, 6.45) is 7.12. The van der Waals surface area contributed by atoms with Gasteiger partial charge >= 0.3 is 0 Å². The molecule has 1 saturated carbocycles. The van der Waals surface area contributed by atoms with Crippen molar-refractivity contribution in [1.82, 2.24) is 0 Å². The molecule has 0 radical (unpaired) electrons. The minimum absolute atomic E-state index is 0.500. The molecular weight excluding hydrogens is 175 g/mol. The highest BCUT2D eigenvalue weighted by Gasteiger charge is 2.14. The van der Waals surface area contributed by atoms with E-state index >= 15 is 0 Å². The Labute approximate surface area is 86.2 Å². The van der Waals surface area contributed by atoms with Crippen molar-refractivity contribution in [3.63, 3.8) is 0 Å². The maximum absolute atomic E-state index is 9.50. The van der Waals surface area contributed by atoms with E-state index in [9.17, 15) is 4.39 Å². The molecule has 1 aromatic carbocycles. The summed E-state index contributed by atoms with van der Waals surface area (Å²) in [7, 11) is 0.500. The van der Waals surface area contributed by atoms with Crippen LogP contribution < -0.4 is 0 Å². The summed E-state index contributed by atoms with van der Waals surface area (Å²) < 4.78 is 9.50. The topological polar surface area (TPSA) is 0 Å². The third-order valence-corrected chi connectivity index (χ3v) is 2.88. The first-order valence-electron chi connectivity index (χ1n) is 5.39. The number of hydrogen-bond donors (Lipinski definition) is 0. The van der Waals surface area contributed by atoms with E-state index in [1.165, 1.54) is 32.1 Å². The molecule has 0 nitrogen and oxygen atoms in total. The third-order valence-electron chi connectivity index (χ3n) is 2.88. The zero-order valence-corrected chi connectivity index (χ0v) is 8.88. The molecule has 1 fully saturated rings. The van der Waals surface area contributed by atoms with Gasteiger partial charge in [0, 0.05) is 0 Å². The number of benzene rings is 1. The Hall–Kier alpha value is -0.850. The van der Waals surface area contributed by atoms with Crippen LogP contribution in [0.5, 0.6) is 0 Å². The summed E-state index contributed by atoms with van der Waals surface area (Å²) >= 11 is 0. The fraction of sp³-hybridized carbons (Fsp3) is 0.538. The Morgan fingerprint density at radius 2 is 1.50 bits per heavy atom. The Morgan fingerprint density at radius 1 is 0.929 bits per heavy atom. The first-order valence-corrected chi connectivity index (χ1v) is 5.39. The molecule has 0 bridgehead atoms. The monoisotopic (exact) mass is 194 g/mol. The maximum Gasteiger partial charge on any atom is 0.0785 e. The number of hydrogen-bond acceptors (Lipinski definition) is 0. The SMILES string of the molecule is CF.c1ccc(C2CCCCC2)cc1. The molecule has 14 heavy (non-hydrogen) atoms. The van der Waals surface area contributed by atoms with E-state index < -0.39 is 0 Å².